The molecule has 1 aliphatic heterocycles. The summed E-state index contributed by atoms with van der Waals surface area (Å²) in [4.78, 5) is 20.5. The number of rotatable bonds is 6. The van der Waals surface area contributed by atoms with E-state index in [9.17, 15) is 4.79 Å². The summed E-state index contributed by atoms with van der Waals surface area (Å²) in [5.41, 5.74) is 1.37. The first kappa shape index (κ1) is 18.5. The average Bonchev–Trinajstić information content (AvgIpc) is 3.05. The average molecular weight is 395 g/mol. The maximum atomic E-state index is 13.3. The zero-order chi connectivity index (χ0) is 17.9. The quantitative estimate of drug-likeness (QED) is 0.553. The van der Waals surface area contributed by atoms with Crippen molar-refractivity contribution in [3.05, 3.63) is 20.8 Å². The van der Waals surface area contributed by atoms with Crippen LogP contribution >= 0.6 is 23.1 Å². The van der Waals surface area contributed by atoms with Gasteiger partial charge in [0.25, 0.3) is 5.56 Å². The van der Waals surface area contributed by atoms with Gasteiger partial charge in [0.2, 0.25) is 0 Å². The van der Waals surface area contributed by atoms with Gasteiger partial charge in [0, 0.05) is 24.3 Å². The minimum atomic E-state index is 0.110. The van der Waals surface area contributed by atoms with Crippen LogP contribution in [0.5, 0.6) is 0 Å². The molecule has 142 valence electrons. The zero-order valence-corrected chi connectivity index (χ0v) is 16.9. The van der Waals surface area contributed by atoms with E-state index < -0.39 is 0 Å². The first-order chi connectivity index (χ1) is 12.8. The summed E-state index contributed by atoms with van der Waals surface area (Å²) in [6.45, 7) is 1.93. The lowest BCUT2D eigenvalue weighted by Crippen LogP contribution is -2.27. The van der Waals surface area contributed by atoms with E-state index in [0.717, 1.165) is 53.4 Å². The highest BCUT2D eigenvalue weighted by Crippen LogP contribution is 2.35. The SMILES string of the molecule is COCCn1c(SCC2CCCCO2)nc2sc3c(c2c1=O)CCCC3. The van der Waals surface area contributed by atoms with Crippen LogP contribution in [-0.2, 0) is 28.9 Å². The molecular formula is C19H26N2O3S2. The summed E-state index contributed by atoms with van der Waals surface area (Å²) in [5, 5.41) is 1.67. The van der Waals surface area contributed by atoms with Crippen LogP contribution in [0.2, 0.25) is 0 Å². The van der Waals surface area contributed by atoms with Crippen molar-refractivity contribution in [2.24, 2.45) is 0 Å². The van der Waals surface area contributed by atoms with Crippen molar-refractivity contribution >= 4 is 33.3 Å². The molecule has 2 aromatic heterocycles. The van der Waals surface area contributed by atoms with Crippen LogP contribution in [0.1, 0.15) is 42.5 Å². The molecule has 0 bridgehead atoms. The van der Waals surface area contributed by atoms with Crippen molar-refractivity contribution in [1.29, 1.82) is 0 Å². The second kappa shape index (κ2) is 8.42. The molecule has 0 radical (unpaired) electrons. The minimum Gasteiger partial charge on any atom is -0.383 e. The number of hydrogen-bond donors (Lipinski definition) is 0. The van der Waals surface area contributed by atoms with Crippen molar-refractivity contribution in [1.82, 2.24) is 9.55 Å². The van der Waals surface area contributed by atoms with Crippen molar-refractivity contribution in [3.8, 4) is 0 Å². The number of methoxy groups -OCH3 is 1. The maximum Gasteiger partial charge on any atom is 0.263 e. The summed E-state index contributed by atoms with van der Waals surface area (Å²) in [5.74, 6) is 0.857. The number of aromatic nitrogens is 2. The Morgan fingerprint density at radius 3 is 3.00 bits per heavy atom. The van der Waals surface area contributed by atoms with Crippen LogP contribution < -0.4 is 5.56 Å². The van der Waals surface area contributed by atoms with E-state index in [4.69, 9.17) is 14.5 Å². The van der Waals surface area contributed by atoms with E-state index in [2.05, 4.69) is 0 Å². The van der Waals surface area contributed by atoms with E-state index in [1.807, 2.05) is 4.57 Å². The smallest absolute Gasteiger partial charge is 0.263 e. The molecule has 4 rings (SSSR count). The predicted octanol–water partition coefficient (Wildman–Crippen LogP) is 3.64. The van der Waals surface area contributed by atoms with Gasteiger partial charge in [-0.05, 0) is 50.5 Å². The lowest BCUT2D eigenvalue weighted by atomic mass is 9.97. The highest BCUT2D eigenvalue weighted by atomic mass is 32.2. The van der Waals surface area contributed by atoms with E-state index >= 15 is 0 Å². The first-order valence-electron chi connectivity index (χ1n) is 9.56. The Balaban J connectivity index is 1.68. The van der Waals surface area contributed by atoms with E-state index in [0.29, 0.717) is 13.2 Å². The van der Waals surface area contributed by atoms with Crippen molar-refractivity contribution < 1.29 is 9.47 Å². The molecule has 0 amide bonds. The Morgan fingerprint density at radius 1 is 1.31 bits per heavy atom. The summed E-state index contributed by atoms with van der Waals surface area (Å²) in [6, 6.07) is 0. The molecule has 0 saturated carbocycles. The van der Waals surface area contributed by atoms with E-state index in [1.165, 1.54) is 29.7 Å². The van der Waals surface area contributed by atoms with E-state index in [1.54, 1.807) is 30.2 Å². The second-order valence-electron chi connectivity index (χ2n) is 7.03. The van der Waals surface area contributed by atoms with Gasteiger partial charge in [-0.15, -0.1) is 11.3 Å². The van der Waals surface area contributed by atoms with Crippen LogP contribution in [0.15, 0.2) is 9.95 Å². The molecule has 1 saturated heterocycles. The largest absolute Gasteiger partial charge is 0.383 e. The fourth-order valence-corrected chi connectivity index (χ4v) is 6.21. The molecule has 1 fully saturated rings. The lowest BCUT2D eigenvalue weighted by molar-refractivity contribution is 0.0315. The Morgan fingerprint density at radius 2 is 2.19 bits per heavy atom. The fraction of sp³-hybridized carbons (Fsp3) is 0.684. The lowest BCUT2D eigenvalue weighted by Gasteiger charge is -2.22. The maximum absolute atomic E-state index is 13.3. The predicted molar refractivity (Wildman–Crippen MR) is 107 cm³/mol. The van der Waals surface area contributed by atoms with Gasteiger partial charge in [0.05, 0.1) is 24.6 Å². The molecule has 5 nitrogen and oxygen atoms in total. The van der Waals surface area contributed by atoms with Gasteiger partial charge >= 0.3 is 0 Å². The Hall–Kier alpha value is -0.890. The molecule has 2 aromatic rings. The van der Waals surface area contributed by atoms with E-state index in [-0.39, 0.29) is 11.7 Å². The number of ether oxygens (including phenoxy) is 2. The van der Waals surface area contributed by atoms with Gasteiger partial charge in [0.1, 0.15) is 4.83 Å². The van der Waals surface area contributed by atoms with Crippen molar-refractivity contribution in [3.63, 3.8) is 0 Å². The third-order valence-electron chi connectivity index (χ3n) is 5.23. The number of nitrogens with zero attached hydrogens (tertiary/aromatic N) is 2. The van der Waals surface area contributed by atoms with Gasteiger partial charge < -0.3 is 9.47 Å². The summed E-state index contributed by atoms with van der Waals surface area (Å²) < 4.78 is 12.9. The van der Waals surface area contributed by atoms with Crippen LogP contribution in [0.3, 0.4) is 0 Å². The molecule has 3 heterocycles. The number of thiophene rings is 1. The summed E-state index contributed by atoms with van der Waals surface area (Å²) >= 11 is 3.38. The number of aryl methyl sites for hydroxylation is 2. The summed E-state index contributed by atoms with van der Waals surface area (Å²) in [7, 11) is 1.67. The second-order valence-corrected chi connectivity index (χ2v) is 9.11. The highest BCUT2D eigenvalue weighted by molar-refractivity contribution is 7.99. The minimum absolute atomic E-state index is 0.110. The Bertz CT molecular complexity index is 824. The normalized spacial score (nSPS) is 20.4. The Kier molecular flexibility index (Phi) is 5.98. The fourth-order valence-electron chi connectivity index (χ4n) is 3.82. The third kappa shape index (κ3) is 3.72. The molecular weight excluding hydrogens is 368 g/mol. The molecule has 2 aliphatic rings. The van der Waals surface area contributed by atoms with Gasteiger partial charge in [0.15, 0.2) is 5.16 Å². The molecule has 0 aromatic carbocycles. The Labute approximate surface area is 162 Å². The molecule has 1 atom stereocenters. The van der Waals surface area contributed by atoms with Gasteiger partial charge in [-0.2, -0.15) is 0 Å². The van der Waals surface area contributed by atoms with Crippen LogP contribution in [0.25, 0.3) is 10.2 Å². The van der Waals surface area contributed by atoms with Crippen LogP contribution in [0.4, 0.5) is 0 Å². The molecule has 1 aliphatic carbocycles. The highest BCUT2D eigenvalue weighted by Gasteiger charge is 2.23. The monoisotopic (exact) mass is 394 g/mol. The number of thioether (sulfide) groups is 1. The first-order valence-corrected chi connectivity index (χ1v) is 11.4. The van der Waals surface area contributed by atoms with Gasteiger partial charge in [-0.1, -0.05) is 11.8 Å². The molecule has 26 heavy (non-hydrogen) atoms. The topological polar surface area (TPSA) is 53.4 Å². The molecule has 7 heteroatoms. The summed E-state index contributed by atoms with van der Waals surface area (Å²) in [6.07, 6.45) is 8.25. The van der Waals surface area contributed by atoms with Crippen LogP contribution in [0, 0.1) is 0 Å². The number of hydrogen-bond acceptors (Lipinski definition) is 6. The third-order valence-corrected chi connectivity index (χ3v) is 7.53. The van der Waals surface area contributed by atoms with Gasteiger partial charge in [-0.3, -0.25) is 9.36 Å². The molecule has 0 spiro atoms. The number of fused-ring (bicyclic) bond motifs is 3. The van der Waals surface area contributed by atoms with Crippen molar-refractivity contribution in [2.45, 2.75) is 62.8 Å². The standard InChI is InChI=1S/C19H26N2O3S2/c1-23-11-9-21-18(22)16-14-7-2-3-8-15(14)26-17(16)20-19(21)25-12-13-6-4-5-10-24-13/h13H,2-12H2,1H3. The molecule has 0 N–H and O–H groups in total. The van der Waals surface area contributed by atoms with Gasteiger partial charge in [-0.25, -0.2) is 4.98 Å². The zero-order valence-electron chi connectivity index (χ0n) is 15.3. The molecule has 1 unspecified atom stereocenters. The van der Waals surface area contributed by atoms with Crippen LogP contribution in [-0.4, -0.2) is 41.7 Å². The van der Waals surface area contributed by atoms with Crippen molar-refractivity contribution in [2.75, 3.05) is 26.1 Å².